The molecule has 0 amide bonds. The molecule has 2 heterocycles. The number of hydrogen-bond acceptors (Lipinski definition) is 3. The number of nitrogens with zero attached hydrogens (tertiary/aromatic N) is 1. The van der Waals surface area contributed by atoms with E-state index in [-0.39, 0.29) is 0 Å². The normalized spacial score (nSPS) is 18.3. The Bertz CT molecular complexity index is 299. The molecule has 0 aliphatic carbocycles. The molecule has 0 spiro atoms. The van der Waals surface area contributed by atoms with E-state index < -0.39 is 0 Å². The van der Waals surface area contributed by atoms with Crippen LogP contribution in [0.15, 0.2) is 10.5 Å². The summed E-state index contributed by atoms with van der Waals surface area (Å²) in [4.78, 5) is 5.43. The second-order valence-corrected chi connectivity index (χ2v) is 6.15. The molecule has 1 aliphatic heterocycles. The van der Waals surface area contributed by atoms with Crippen LogP contribution in [0.4, 0.5) is 0 Å². The van der Waals surface area contributed by atoms with Crippen molar-refractivity contribution in [2.75, 3.05) is 32.7 Å². The smallest absolute Gasteiger partial charge is 0.0314 e. The molecule has 2 nitrogen and oxygen atoms in total. The van der Waals surface area contributed by atoms with Gasteiger partial charge in [0.2, 0.25) is 0 Å². The minimum atomic E-state index is 1.15. The molecule has 15 heavy (non-hydrogen) atoms. The summed E-state index contributed by atoms with van der Waals surface area (Å²) >= 11 is 5.48. The Morgan fingerprint density at radius 3 is 2.80 bits per heavy atom. The fourth-order valence-electron chi connectivity index (χ4n) is 1.84. The van der Waals surface area contributed by atoms with Crippen molar-refractivity contribution in [3.63, 3.8) is 0 Å². The zero-order valence-corrected chi connectivity index (χ0v) is 11.5. The van der Waals surface area contributed by atoms with E-state index >= 15 is 0 Å². The van der Waals surface area contributed by atoms with Gasteiger partial charge in [-0.05, 0) is 35.3 Å². The molecule has 4 heteroatoms. The summed E-state index contributed by atoms with van der Waals surface area (Å²) in [6.07, 6.45) is 1.19. The van der Waals surface area contributed by atoms with Crippen molar-refractivity contribution in [2.45, 2.75) is 13.3 Å². The summed E-state index contributed by atoms with van der Waals surface area (Å²) in [5.74, 6) is 0. The molecule has 84 valence electrons. The predicted molar refractivity (Wildman–Crippen MR) is 69.8 cm³/mol. The van der Waals surface area contributed by atoms with Crippen LogP contribution in [0.3, 0.4) is 0 Å². The monoisotopic (exact) mass is 288 g/mol. The minimum absolute atomic E-state index is 1.15. The van der Waals surface area contributed by atoms with Gasteiger partial charge < -0.3 is 10.2 Å². The molecule has 1 N–H and O–H groups in total. The molecule has 0 unspecified atom stereocenters. The Morgan fingerprint density at radius 1 is 1.47 bits per heavy atom. The topological polar surface area (TPSA) is 15.3 Å². The van der Waals surface area contributed by atoms with E-state index in [9.17, 15) is 0 Å². The van der Waals surface area contributed by atoms with E-state index in [0.29, 0.717) is 0 Å². The quantitative estimate of drug-likeness (QED) is 0.918. The third-order valence-electron chi connectivity index (χ3n) is 2.79. The number of piperazine rings is 1. The van der Waals surface area contributed by atoms with Crippen LogP contribution in [0.5, 0.6) is 0 Å². The Kier molecular flexibility index (Phi) is 4.20. The second kappa shape index (κ2) is 5.43. The molecule has 1 aromatic rings. The highest BCUT2D eigenvalue weighted by atomic mass is 79.9. The molecule has 1 aliphatic rings. The summed E-state index contributed by atoms with van der Waals surface area (Å²) in [5, 5.41) is 3.38. The molecule has 1 saturated heterocycles. The standard InChI is InChI=1S/C11H17BrN2S/c1-9-11(12)8-10(15-9)2-5-14-6-3-13-4-7-14/h8,13H,2-7H2,1H3. The Balaban J connectivity index is 1.81. The summed E-state index contributed by atoms with van der Waals surface area (Å²) < 4.78 is 1.27. The maximum atomic E-state index is 3.57. The van der Waals surface area contributed by atoms with Crippen molar-refractivity contribution in [3.05, 3.63) is 20.3 Å². The third-order valence-corrected chi connectivity index (χ3v) is 4.99. The van der Waals surface area contributed by atoms with E-state index in [4.69, 9.17) is 0 Å². The molecule has 1 fully saturated rings. The molecular weight excluding hydrogens is 272 g/mol. The molecule has 1 aromatic heterocycles. The van der Waals surface area contributed by atoms with Crippen LogP contribution in [-0.4, -0.2) is 37.6 Å². The van der Waals surface area contributed by atoms with Gasteiger partial charge in [-0.15, -0.1) is 11.3 Å². The molecular formula is C11H17BrN2S. The minimum Gasteiger partial charge on any atom is -0.314 e. The third kappa shape index (κ3) is 3.28. The molecule has 0 aromatic carbocycles. The van der Waals surface area contributed by atoms with E-state index in [1.54, 1.807) is 0 Å². The number of halogens is 1. The zero-order valence-electron chi connectivity index (χ0n) is 9.05. The fraction of sp³-hybridized carbons (Fsp3) is 0.636. The first-order chi connectivity index (χ1) is 7.25. The van der Waals surface area contributed by atoms with Crippen LogP contribution >= 0.6 is 27.3 Å². The van der Waals surface area contributed by atoms with Gasteiger partial charge in [0.1, 0.15) is 0 Å². The first-order valence-electron chi connectivity index (χ1n) is 5.43. The van der Waals surface area contributed by atoms with Crippen molar-refractivity contribution < 1.29 is 0 Å². The van der Waals surface area contributed by atoms with Crippen LogP contribution in [0.1, 0.15) is 9.75 Å². The average molecular weight is 289 g/mol. The van der Waals surface area contributed by atoms with E-state index in [1.807, 2.05) is 11.3 Å². The molecule has 0 saturated carbocycles. The van der Waals surface area contributed by atoms with Crippen molar-refractivity contribution >= 4 is 27.3 Å². The second-order valence-electron chi connectivity index (χ2n) is 3.96. The summed E-state index contributed by atoms with van der Waals surface area (Å²) in [6, 6.07) is 2.27. The Labute approximate surface area is 104 Å². The maximum absolute atomic E-state index is 3.57. The molecule has 0 bridgehead atoms. The highest BCUT2D eigenvalue weighted by molar-refractivity contribution is 9.10. The molecule has 0 radical (unpaired) electrons. The largest absolute Gasteiger partial charge is 0.314 e. The number of aryl methyl sites for hydroxylation is 1. The van der Waals surface area contributed by atoms with Crippen LogP contribution in [0.25, 0.3) is 0 Å². The Hall–Kier alpha value is 0.100. The first-order valence-corrected chi connectivity index (χ1v) is 7.04. The maximum Gasteiger partial charge on any atom is 0.0314 e. The van der Waals surface area contributed by atoms with E-state index in [1.165, 1.54) is 40.3 Å². The highest BCUT2D eigenvalue weighted by Gasteiger charge is 2.10. The Morgan fingerprint density at radius 2 is 2.20 bits per heavy atom. The fourth-order valence-corrected chi connectivity index (χ4v) is 3.43. The lowest BCUT2D eigenvalue weighted by molar-refractivity contribution is 0.244. The number of hydrogen-bond donors (Lipinski definition) is 1. The summed E-state index contributed by atoms with van der Waals surface area (Å²) in [6.45, 7) is 8.06. The van der Waals surface area contributed by atoms with E-state index in [0.717, 1.165) is 13.1 Å². The van der Waals surface area contributed by atoms with Gasteiger partial charge in [0.25, 0.3) is 0 Å². The zero-order chi connectivity index (χ0) is 10.7. The lowest BCUT2D eigenvalue weighted by Gasteiger charge is -2.26. The van der Waals surface area contributed by atoms with Crippen LogP contribution in [0, 0.1) is 6.92 Å². The lowest BCUT2D eigenvalue weighted by atomic mass is 10.3. The van der Waals surface area contributed by atoms with Crippen molar-refractivity contribution in [3.8, 4) is 0 Å². The first kappa shape index (κ1) is 11.6. The van der Waals surface area contributed by atoms with Gasteiger partial charge in [-0.1, -0.05) is 0 Å². The SMILES string of the molecule is Cc1sc(CCN2CCNCC2)cc1Br. The molecule has 0 atom stereocenters. The molecule has 2 rings (SSSR count). The lowest BCUT2D eigenvalue weighted by Crippen LogP contribution is -2.44. The van der Waals surface area contributed by atoms with Crippen LogP contribution < -0.4 is 5.32 Å². The summed E-state index contributed by atoms with van der Waals surface area (Å²) in [5.41, 5.74) is 0. The average Bonchev–Trinajstić information content (AvgIpc) is 2.57. The number of nitrogens with one attached hydrogen (secondary N) is 1. The van der Waals surface area contributed by atoms with Crippen molar-refractivity contribution in [2.24, 2.45) is 0 Å². The number of thiophene rings is 1. The van der Waals surface area contributed by atoms with Gasteiger partial charge in [0, 0.05) is 47.0 Å². The predicted octanol–water partition coefficient (Wildman–Crippen LogP) is 2.27. The van der Waals surface area contributed by atoms with Gasteiger partial charge >= 0.3 is 0 Å². The van der Waals surface area contributed by atoms with Gasteiger partial charge in [0.05, 0.1) is 0 Å². The highest BCUT2D eigenvalue weighted by Crippen LogP contribution is 2.26. The van der Waals surface area contributed by atoms with Gasteiger partial charge in [-0.3, -0.25) is 0 Å². The van der Waals surface area contributed by atoms with Crippen molar-refractivity contribution in [1.82, 2.24) is 10.2 Å². The van der Waals surface area contributed by atoms with Crippen molar-refractivity contribution in [1.29, 1.82) is 0 Å². The van der Waals surface area contributed by atoms with Gasteiger partial charge in [-0.2, -0.15) is 0 Å². The summed E-state index contributed by atoms with van der Waals surface area (Å²) in [7, 11) is 0. The van der Waals surface area contributed by atoms with Gasteiger partial charge in [0.15, 0.2) is 0 Å². The van der Waals surface area contributed by atoms with Crippen LogP contribution in [-0.2, 0) is 6.42 Å². The van der Waals surface area contributed by atoms with Gasteiger partial charge in [-0.25, -0.2) is 0 Å². The van der Waals surface area contributed by atoms with Crippen LogP contribution in [0.2, 0.25) is 0 Å². The number of rotatable bonds is 3. The van der Waals surface area contributed by atoms with E-state index in [2.05, 4.69) is 39.1 Å².